The fourth-order valence-electron chi connectivity index (χ4n) is 5.40. The Morgan fingerprint density at radius 3 is 2.56 bits per heavy atom. The molecule has 4 aliphatic rings. The van der Waals surface area contributed by atoms with E-state index in [1.54, 1.807) is 18.2 Å². The van der Waals surface area contributed by atoms with Gasteiger partial charge in [0, 0.05) is 39.3 Å². The molecule has 0 saturated heterocycles. The maximum Gasteiger partial charge on any atom is 0.261 e. The molecule has 2 aromatic carbocycles. The van der Waals surface area contributed by atoms with Gasteiger partial charge >= 0.3 is 0 Å². The summed E-state index contributed by atoms with van der Waals surface area (Å²) in [5, 5.41) is 19.5. The molecule has 1 aliphatic heterocycles. The molecular formula is C24H21Cl2N3O3. The lowest BCUT2D eigenvalue weighted by atomic mass is 9.44. The van der Waals surface area contributed by atoms with Crippen molar-refractivity contribution < 1.29 is 14.6 Å². The first-order valence-corrected chi connectivity index (χ1v) is 11.4. The summed E-state index contributed by atoms with van der Waals surface area (Å²) in [7, 11) is 0. The van der Waals surface area contributed by atoms with Gasteiger partial charge in [0.15, 0.2) is 6.10 Å². The number of nitrogens with one attached hydrogen (secondary N) is 1. The van der Waals surface area contributed by atoms with Crippen molar-refractivity contribution in [3.05, 3.63) is 70.5 Å². The Bertz CT molecular complexity index is 1200. The first-order valence-electron chi connectivity index (χ1n) is 10.6. The lowest BCUT2D eigenvalue weighted by molar-refractivity contribution is -0.164. The van der Waals surface area contributed by atoms with E-state index in [2.05, 4.69) is 16.6 Å². The van der Waals surface area contributed by atoms with Crippen LogP contribution in [0.2, 0.25) is 10.0 Å². The molecule has 32 heavy (non-hydrogen) atoms. The maximum absolute atomic E-state index is 12.9. The van der Waals surface area contributed by atoms with E-state index in [4.69, 9.17) is 27.9 Å². The SMILES string of the molecule is O=C(NC12CC(n3cc(-c4ccc(Cl)cc4)cn3)(C1)C2)[C@H]1C[C@@H](O)c2cc(Cl)ccc2O1. The van der Waals surface area contributed by atoms with E-state index in [0.29, 0.717) is 21.4 Å². The van der Waals surface area contributed by atoms with Gasteiger partial charge in [-0.05, 0) is 55.2 Å². The van der Waals surface area contributed by atoms with Gasteiger partial charge in [-0.25, -0.2) is 0 Å². The Balaban J connectivity index is 1.10. The Hall–Kier alpha value is -2.54. The van der Waals surface area contributed by atoms with Crippen LogP contribution in [0.25, 0.3) is 11.1 Å². The molecule has 3 fully saturated rings. The highest BCUT2D eigenvalue weighted by molar-refractivity contribution is 6.31. The molecule has 164 valence electrons. The second-order valence-corrected chi connectivity index (χ2v) is 10.1. The zero-order valence-electron chi connectivity index (χ0n) is 17.1. The average Bonchev–Trinajstić information content (AvgIpc) is 3.20. The number of aliphatic hydroxyl groups excluding tert-OH is 1. The lowest BCUT2D eigenvalue weighted by Crippen LogP contribution is -2.79. The first kappa shape index (κ1) is 20.1. The molecule has 1 aromatic heterocycles. The molecule has 0 spiro atoms. The van der Waals surface area contributed by atoms with Crippen molar-refractivity contribution in [3.8, 4) is 16.9 Å². The van der Waals surface area contributed by atoms with Gasteiger partial charge in [-0.3, -0.25) is 9.48 Å². The van der Waals surface area contributed by atoms with E-state index in [0.717, 1.165) is 30.4 Å². The third kappa shape index (κ3) is 3.12. The van der Waals surface area contributed by atoms with Crippen molar-refractivity contribution in [1.82, 2.24) is 15.1 Å². The van der Waals surface area contributed by atoms with Gasteiger partial charge < -0.3 is 15.2 Å². The zero-order chi connectivity index (χ0) is 22.1. The van der Waals surface area contributed by atoms with Gasteiger partial charge in [0.05, 0.1) is 17.8 Å². The number of halogens is 2. The monoisotopic (exact) mass is 469 g/mol. The highest BCUT2D eigenvalue weighted by Crippen LogP contribution is 2.65. The highest BCUT2D eigenvalue weighted by atomic mass is 35.5. The number of fused-ring (bicyclic) bond motifs is 1. The Labute approximate surface area is 195 Å². The normalized spacial score (nSPS) is 29.8. The van der Waals surface area contributed by atoms with Crippen molar-refractivity contribution >= 4 is 29.1 Å². The molecule has 3 saturated carbocycles. The van der Waals surface area contributed by atoms with E-state index < -0.39 is 12.2 Å². The number of nitrogens with zero attached hydrogens (tertiary/aromatic N) is 2. The molecule has 2 N–H and O–H groups in total. The molecule has 0 unspecified atom stereocenters. The third-order valence-electron chi connectivity index (χ3n) is 6.97. The van der Waals surface area contributed by atoms with Gasteiger partial charge in [-0.15, -0.1) is 0 Å². The smallest absolute Gasteiger partial charge is 0.261 e. The van der Waals surface area contributed by atoms with Crippen LogP contribution in [0.15, 0.2) is 54.9 Å². The summed E-state index contributed by atoms with van der Waals surface area (Å²) in [6.45, 7) is 0. The third-order valence-corrected chi connectivity index (χ3v) is 7.45. The number of rotatable bonds is 4. The van der Waals surface area contributed by atoms with Crippen LogP contribution in [0, 0.1) is 0 Å². The fourth-order valence-corrected chi connectivity index (χ4v) is 5.71. The van der Waals surface area contributed by atoms with Crippen molar-refractivity contribution in [1.29, 1.82) is 0 Å². The minimum Gasteiger partial charge on any atom is -0.480 e. The van der Waals surface area contributed by atoms with E-state index >= 15 is 0 Å². The Kier molecular flexibility index (Phi) is 4.38. The molecule has 3 aromatic rings. The van der Waals surface area contributed by atoms with E-state index in [1.165, 1.54) is 0 Å². The zero-order valence-corrected chi connectivity index (χ0v) is 18.6. The number of hydrogen-bond acceptors (Lipinski definition) is 4. The number of aliphatic hydroxyl groups is 1. The van der Waals surface area contributed by atoms with Crippen LogP contribution in [0.5, 0.6) is 5.75 Å². The summed E-state index contributed by atoms with van der Waals surface area (Å²) in [6.07, 6.45) is 5.18. The van der Waals surface area contributed by atoms with Gasteiger partial charge in [0.2, 0.25) is 0 Å². The standard InChI is InChI=1S/C24H21Cl2N3O3/c25-16-3-1-14(2-4-16)15-9-27-29(10-15)24-11-23(12-24,13-24)28-22(31)21-8-19(30)18-7-17(26)5-6-20(18)32-21/h1-7,9-10,19,21,30H,8,11-13H2,(H,28,31)/t19-,21-,23?,24?/m1/s1. The molecule has 7 rings (SSSR count). The van der Waals surface area contributed by atoms with Crippen molar-refractivity contribution in [2.75, 3.05) is 0 Å². The van der Waals surface area contributed by atoms with Crippen LogP contribution >= 0.6 is 23.2 Å². The average molecular weight is 470 g/mol. The summed E-state index contributed by atoms with van der Waals surface area (Å²) in [4.78, 5) is 12.9. The maximum atomic E-state index is 12.9. The number of hydrogen-bond donors (Lipinski definition) is 2. The van der Waals surface area contributed by atoms with Crippen molar-refractivity contribution in [3.63, 3.8) is 0 Å². The number of carbonyl (C=O) groups excluding carboxylic acids is 1. The highest BCUT2D eigenvalue weighted by Gasteiger charge is 2.70. The molecule has 2 atom stereocenters. The van der Waals surface area contributed by atoms with Crippen LogP contribution in [0.1, 0.15) is 37.4 Å². The van der Waals surface area contributed by atoms with Crippen LogP contribution < -0.4 is 10.1 Å². The summed E-state index contributed by atoms with van der Waals surface area (Å²) in [6, 6.07) is 12.8. The summed E-state index contributed by atoms with van der Waals surface area (Å²) in [5.74, 6) is 0.328. The molecule has 0 radical (unpaired) electrons. The largest absolute Gasteiger partial charge is 0.480 e. The second kappa shape index (κ2) is 6.98. The molecule has 1 amide bonds. The van der Waals surface area contributed by atoms with E-state index in [9.17, 15) is 9.90 Å². The predicted molar refractivity (Wildman–Crippen MR) is 121 cm³/mol. The van der Waals surface area contributed by atoms with Crippen LogP contribution in [-0.2, 0) is 10.3 Å². The van der Waals surface area contributed by atoms with Gasteiger partial charge in [-0.2, -0.15) is 5.10 Å². The summed E-state index contributed by atoms with van der Waals surface area (Å²) in [5.41, 5.74) is 2.51. The number of ether oxygens (including phenoxy) is 1. The Morgan fingerprint density at radius 1 is 1.09 bits per heavy atom. The Morgan fingerprint density at radius 2 is 1.81 bits per heavy atom. The van der Waals surface area contributed by atoms with Crippen LogP contribution in [-0.4, -0.2) is 32.4 Å². The number of aromatic nitrogens is 2. The molecule has 8 heteroatoms. The second-order valence-electron chi connectivity index (χ2n) is 9.24. The molecule has 6 nitrogen and oxygen atoms in total. The molecule has 2 bridgehead atoms. The fraction of sp³-hybridized carbons (Fsp3) is 0.333. The number of carbonyl (C=O) groups is 1. The minimum atomic E-state index is -0.775. The van der Waals surface area contributed by atoms with Gasteiger partial charge in [-0.1, -0.05) is 35.3 Å². The predicted octanol–water partition coefficient (Wildman–Crippen LogP) is 4.49. The summed E-state index contributed by atoms with van der Waals surface area (Å²) < 4.78 is 7.90. The van der Waals surface area contributed by atoms with Crippen LogP contribution in [0.3, 0.4) is 0 Å². The van der Waals surface area contributed by atoms with Crippen LogP contribution in [0.4, 0.5) is 0 Å². The minimum absolute atomic E-state index is 0.0335. The molecule has 2 heterocycles. The van der Waals surface area contributed by atoms with E-state index in [1.807, 2.05) is 35.1 Å². The van der Waals surface area contributed by atoms with Crippen molar-refractivity contribution in [2.45, 2.75) is 49.0 Å². The topological polar surface area (TPSA) is 76.4 Å². The lowest BCUT2D eigenvalue weighted by Gasteiger charge is -2.70. The quantitative estimate of drug-likeness (QED) is 0.589. The number of amides is 1. The first-order chi connectivity index (χ1) is 15.3. The summed E-state index contributed by atoms with van der Waals surface area (Å²) >= 11 is 12.0. The van der Waals surface area contributed by atoms with Crippen molar-refractivity contribution in [2.24, 2.45) is 0 Å². The molecule has 3 aliphatic carbocycles. The molecular weight excluding hydrogens is 449 g/mol. The van der Waals surface area contributed by atoms with Gasteiger partial charge in [0.25, 0.3) is 5.91 Å². The van der Waals surface area contributed by atoms with Gasteiger partial charge in [0.1, 0.15) is 5.75 Å². The number of benzene rings is 2. The van der Waals surface area contributed by atoms with E-state index in [-0.39, 0.29) is 23.4 Å².